The van der Waals surface area contributed by atoms with Gasteiger partial charge in [0, 0.05) is 18.3 Å². The topological polar surface area (TPSA) is 59.3 Å². The summed E-state index contributed by atoms with van der Waals surface area (Å²) in [6.45, 7) is 4.11. The minimum atomic E-state index is -1.28. The van der Waals surface area contributed by atoms with Crippen LogP contribution in [-0.4, -0.2) is 15.6 Å². The molecule has 1 aromatic carbocycles. The van der Waals surface area contributed by atoms with Crippen LogP contribution in [0.3, 0.4) is 0 Å². The average Bonchev–Trinajstić information content (AvgIpc) is 2.38. The highest BCUT2D eigenvalue weighted by molar-refractivity contribution is 5.94. The Morgan fingerprint density at radius 1 is 1.30 bits per heavy atom. The molecule has 2 rings (SSSR count). The molecule has 2 aromatic rings. The van der Waals surface area contributed by atoms with Gasteiger partial charge in [0.25, 0.3) is 0 Å². The van der Waals surface area contributed by atoms with Gasteiger partial charge in [-0.3, -0.25) is 4.79 Å². The van der Waals surface area contributed by atoms with Crippen LogP contribution in [-0.2, 0) is 6.54 Å². The average molecular weight is 275 g/mol. The van der Waals surface area contributed by atoms with Gasteiger partial charge < -0.3 is 9.67 Å². The Kier molecular flexibility index (Phi) is 3.70. The van der Waals surface area contributed by atoms with E-state index < -0.39 is 17.2 Å². The number of carbonyl (C=O) groups is 1. The second kappa shape index (κ2) is 5.28. The molecule has 1 N–H and O–H groups in total. The maximum absolute atomic E-state index is 13.0. The van der Waals surface area contributed by atoms with E-state index >= 15 is 0 Å². The molecular formula is C15H14FNO3. The van der Waals surface area contributed by atoms with E-state index in [1.807, 2.05) is 6.92 Å². The maximum Gasteiger partial charge on any atom is 0.341 e. The molecule has 20 heavy (non-hydrogen) atoms. The first-order valence-electron chi connectivity index (χ1n) is 6.19. The van der Waals surface area contributed by atoms with E-state index in [0.29, 0.717) is 23.5 Å². The fourth-order valence-corrected chi connectivity index (χ4v) is 2.29. The maximum atomic E-state index is 13.0. The lowest BCUT2D eigenvalue weighted by atomic mass is 10.0. The number of halogens is 1. The van der Waals surface area contributed by atoms with Crippen LogP contribution < -0.4 is 5.43 Å². The van der Waals surface area contributed by atoms with E-state index in [9.17, 15) is 19.1 Å². The smallest absolute Gasteiger partial charge is 0.341 e. The zero-order valence-electron chi connectivity index (χ0n) is 11.2. The van der Waals surface area contributed by atoms with Gasteiger partial charge in [-0.15, -0.1) is 0 Å². The minimum absolute atomic E-state index is 0.288. The molecule has 0 bridgehead atoms. The fourth-order valence-electron chi connectivity index (χ4n) is 2.29. The predicted octanol–water partition coefficient (Wildman–Crippen LogP) is 2.68. The summed E-state index contributed by atoms with van der Waals surface area (Å²) in [6, 6.07) is 6.74. The molecule has 1 aromatic heterocycles. The number of pyridine rings is 1. The number of aromatic carboxylic acids is 1. The summed E-state index contributed by atoms with van der Waals surface area (Å²) in [5.41, 5.74) is 0.654. The first-order valence-corrected chi connectivity index (χ1v) is 6.19. The van der Waals surface area contributed by atoms with Gasteiger partial charge >= 0.3 is 5.97 Å². The van der Waals surface area contributed by atoms with Crippen molar-refractivity contribution in [3.63, 3.8) is 0 Å². The number of aryl methyl sites for hydroxylation is 1. The third-order valence-electron chi connectivity index (χ3n) is 3.17. The van der Waals surface area contributed by atoms with E-state index in [1.54, 1.807) is 11.5 Å². The van der Waals surface area contributed by atoms with Crippen molar-refractivity contribution in [1.29, 1.82) is 0 Å². The van der Waals surface area contributed by atoms with Crippen LogP contribution in [0.25, 0.3) is 11.3 Å². The summed E-state index contributed by atoms with van der Waals surface area (Å²) in [4.78, 5) is 23.3. The molecular weight excluding hydrogens is 261 g/mol. The van der Waals surface area contributed by atoms with E-state index in [1.165, 1.54) is 30.3 Å². The van der Waals surface area contributed by atoms with E-state index in [4.69, 9.17) is 0 Å². The van der Waals surface area contributed by atoms with Crippen molar-refractivity contribution >= 4 is 5.97 Å². The molecule has 0 radical (unpaired) electrons. The van der Waals surface area contributed by atoms with Gasteiger partial charge in [0.05, 0.1) is 5.69 Å². The third kappa shape index (κ3) is 2.34. The molecule has 5 heteroatoms. The minimum Gasteiger partial charge on any atom is -0.477 e. The second-order valence-corrected chi connectivity index (χ2v) is 4.43. The van der Waals surface area contributed by atoms with Crippen LogP contribution in [0.1, 0.15) is 23.0 Å². The monoisotopic (exact) mass is 275 g/mol. The molecule has 104 valence electrons. The summed E-state index contributed by atoms with van der Waals surface area (Å²) in [6.07, 6.45) is 0. The van der Waals surface area contributed by atoms with Crippen molar-refractivity contribution in [3.8, 4) is 11.3 Å². The Morgan fingerprint density at radius 2 is 1.90 bits per heavy atom. The molecule has 4 nitrogen and oxygen atoms in total. The molecule has 0 atom stereocenters. The molecule has 0 saturated heterocycles. The van der Waals surface area contributed by atoms with E-state index in [2.05, 4.69) is 0 Å². The van der Waals surface area contributed by atoms with Crippen LogP contribution in [0, 0.1) is 12.7 Å². The molecule has 0 spiro atoms. The number of nitrogens with zero attached hydrogens (tertiary/aromatic N) is 1. The standard InChI is InChI=1S/C15H14FNO3/c1-3-17-9(2)8-12(18)13(15(19)20)14(17)10-4-6-11(16)7-5-10/h4-8H,3H2,1-2H3,(H,19,20). The second-order valence-electron chi connectivity index (χ2n) is 4.43. The summed E-state index contributed by atoms with van der Waals surface area (Å²) in [7, 11) is 0. The largest absolute Gasteiger partial charge is 0.477 e. The summed E-state index contributed by atoms with van der Waals surface area (Å²) >= 11 is 0. The van der Waals surface area contributed by atoms with E-state index in [0.717, 1.165) is 0 Å². The summed E-state index contributed by atoms with van der Waals surface area (Å²) in [5.74, 6) is -1.69. The quantitative estimate of drug-likeness (QED) is 0.936. The van der Waals surface area contributed by atoms with Crippen molar-refractivity contribution in [1.82, 2.24) is 4.57 Å². The lowest BCUT2D eigenvalue weighted by Crippen LogP contribution is -2.22. The van der Waals surface area contributed by atoms with Crippen molar-refractivity contribution in [2.45, 2.75) is 20.4 Å². The van der Waals surface area contributed by atoms with Gasteiger partial charge in [0.2, 0.25) is 0 Å². The lowest BCUT2D eigenvalue weighted by Gasteiger charge is -2.17. The van der Waals surface area contributed by atoms with Crippen molar-refractivity contribution in [3.05, 3.63) is 57.6 Å². The van der Waals surface area contributed by atoms with E-state index in [-0.39, 0.29) is 5.56 Å². The summed E-state index contributed by atoms with van der Waals surface area (Å²) < 4.78 is 14.8. The molecule has 0 amide bonds. The zero-order valence-corrected chi connectivity index (χ0v) is 11.2. The number of aromatic nitrogens is 1. The predicted molar refractivity (Wildman–Crippen MR) is 73.5 cm³/mol. The highest BCUT2D eigenvalue weighted by atomic mass is 19.1. The number of hydrogen-bond acceptors (Lipinski definition) is 2. The molecule has 0 saturated carbocycles. The number of carboxylic acids is 1. The molecule has 0 unspecified atom stereocenters. The Balaban J connectivity index is 2.87. The molecule has 0 fully saturated rings. The molecule has 0 aliphatic heterocycles. The highest BCUT2D eigenvalue weighted by Gasteiger charge is 2.20. The first-order chi connectivity index (χ1) is 9.45. The Labute approximate surface area is 115 Å². The van der Waals surface area contributed by atoms with Crippen LogP contribution in [0.2, 0.25) is 0 Å². The number of rotatable bonds is 3. The van der Waals surface area contributed by atoms with Gasteiger partial charge in [-0.05, 0) is 43.7 Å². The Bertz CT molecular complexity index is 717. The van der Waals surface area contributed by atoms with Crippen molar-refractivity contribution in [2.75, 3.05) is 0 Å². The van der Waals surface area contributed by atoms with Gasteiger partial charge in [0.1, 0.15) is 11.4 Å². The van der Waals surface area contributed by atoms with Gasteiger partial charge in [0.15, 0.2) is 5.43 Å². The van der Waals surface area contributed by atoms with Crippen LogP contribution >= 0.6 is 0 Å². The number of carboxylic acid groups (broad SMARTS) is 1. The molecule has 1 heterocycles. The Hall–Kier alpha value is -2.43. The van der Waals surface area contributed by atoms with Crippen LogP contribution in [0.15, 0.2) is 35.1 Å². The molecule has 0 aliphatic rings. The third-order valence-corrected chi connectivity index (χ3v) is 3.17. The summed E-state index contributed by atoms with van der Waals surface area (Å²) in [5, 5.41) is 9.29. The Morgan fingerprint density at radius 3 is 2.40 bits per heavy atom. The zero-order chi connectivity index (χ0) is 14.9. The fraction of sp³-hybridized carbons (Fsp3) is 0.200. The highest BCUT2D eigenvalue weighted by Crippen LogP contribution is 2.23. The first kappa shape index (κ1) is 14.0. The number of hydrogen-bond donors (Lipinski definition) is 1. The van der Waals surface area contributed by atoms with Crippen molar-refractivity contribution < 1.29 is 14.3 Å². The van der Waals surface area contributed by atoms with Gasteiger partial charge in [-0.1, -0.05) is 0 Å². The molecule has 0 aliphatic carbocycles. The van der Waals surface area contributed by atoms with Crippen LogP contribution in [0.4, 0.5) is 4.39 Å². The lowest BCUT2D eigenvalue weighted by molar-refractivity contribution is 0.0695. The van der Waals surface area contributed by atoms with Crippen molar-refractivity contribution in [2.24, 2.45) is 0 Å². The normalized spacial score (nSPS) is 10.6. The van der Waals surface area contributed by atoms with Gasteiger partial charge in [-0.25, -0.2) is 9.18 Å². The number of benzene rings is 1. The SMILES string of the molecule is CCn1c(C)cc(=O)c(C(=O)O)c1-c1ccc(F)cc1. The van der Waals surface area contributed by atoms with Crippen LogP contribution in [0.5, 0.6) is 0 Å². The van der Waals surface area contributed by atoms with Gasteiger partial charge in [-0.2, -0.15) is 0 Å².